The second-order valence-electron chi connectivity index (χ2n) is 11.8. The number of halogens is 2. The molecule has 0 amide bonds. The van der Waals surface area contributed by atoms with E-state index in [2.05, 4.69) is 184 Å². The van der Waals surface area contributed by atoms with Gasteiger partial charge in [0.2, 0.25) is 0 Å². The molecule has 0 fully saturated rings. The Morgan fingerprint density at radius 3 is 1.15 bits per heavy atom. The molecule has 0 saturated carbocycles. The van der Waals surface area contributed by atoms with E-state index in [4.69, 9.17) is 17.2 Å². The summed E-state index contributed by atoms with van der Waals surface area (Å²) in [5, 5.41) is 8.05. The van der Waals surface area contributed by atoms with Crippen molar-refractivity contribution in [3.05, 3.63) is 193 Å². The number of hydrogen-bond donors (Lipinski definition) is 0. The van der Waals surface area contributed by atoms with Crippen LogP contribution in [0.5, 0.6) is 0 Å². The Morgan fingerprint density at radius 2 is 0.792 bits per heavy atom. The molecule has 236 valence electrons. The Balaban J connectivity index is 0.000000125. The Kier molecular flexibility index (Phi) is 11.7. The fourth-order valence-corrected chi connectivity index (χ4v) is 26.9. The minimum atomic E-state index is -2.41. The third kappa shape index (κ3) is 8.43. The van der Waals surface area contributed by atoms with Gasteiger partial charge in [-0.3, -0.25) is 0 Å². The van der Waals surface area contributed by atoms with Crippen molar-refractivity contribution < 1.29 is 17.7 Å². The summed E-state index contributed by atoms with van der Waals surface area (Å²) < 4.78 is 0. The molecule has 0 nitrogen and oxygen atoms in total. The first-order chi connectivity index (χ1) is 23.5. The van der Waals surface area contributed by atoms with E-state index in [0.29, 0.717) is 0 Å². The first-order valence-electron chi connectivity index (χ1n) is 16.1. The quantitative estimate of drug-likeness (QED) is 0.122. The van der Waals surface area contributed by atoms with E-state index in [1.807, 2.05) is 12.1 Å². The molecule has 0 bridgehead atoms. The molecule has 0 saturated heterocycles. The van der Waals surface area contributed by atoms with Gasteiger partial charge in [-0.1, -0.05) is 97.8 Å². The summed E-state index contributed by atoms with van der Waals surface area (Å²) in [7, 11) is 12.7. The van der Waals surface area contributed by atoms with Gasteiger partial charge >= 0.3 is 111 Å². The van der Waals surface area contributed by atoms with Crippen LogP contribution in [0, 0.1) is 13.8 Å². The number of benzene rings is 6. The second kappa shape index (κ2) is 16.5. The number of aryl methyl sites for hydroxylation is 2. The van der Waals surface area contributed by atoms with Gasteiger partial charge in [0.15, 0.2) is 0 Å². The molecule has 48 heavy (non-hydrogen) atoms. The van der Waals surface area contributed by atoms with Crippen LogP contribution in [0.2, 0.25) is 0 Å². The van der Waals surface area contributed by atoms with Crippen molar-refractivity contribution in [1.82, 2.24) is 0 Å². The molecule has 0 N–H and O–H groups in total. The van der Waals surface area contributed by atoms with E-state index >= 15 is 0 Å². The van der Waals surface area contributed by atoms with Gasteiger partial charge in [-0.15, -0.1) is 69.1 Å². The van der Waals surface area contributed by atoms with Gasteiger partial charge in [0, 0.05) is 0 Å². The molecule has 0 aromatic heterocycles. The van der Waals surface area contributed by atoms with Gasteiger partial charge in [-0.05, 0) is 11.1 Å². The third-order valence-electron chi connectivity index (χ3n) is 8.27. The zero-order valence-corrected chi connectivity index (χ0v) is 33.2. The topological polar surface area (TPSA) is 0 Å². The third-order valence-corrected chi connectivity index (χ3v) is 30.1. The fourth-order valence-electron chi connectivity index (χ4n) is 6.10. The van der Waals surface area contributed by atoms with Gasteiger partial charge < -0.3 is 0 Å². The summed E-state index contributed by atoms with van der Waals surface area (Å²) in [6.45, 7) is 4.30. The number of fused-ring (bicyclic) bond motifs is 2. The van der Waals surface area contributed by atoms with Gasteiger partial charge in [-0.2, -0.15) is 12.1 Å². The van der Waals surface area contributed by atoms with Crippen molar-refractivity contribution in [3.8, 4) is 22.3 Å². The van der Waals surface area contributed by atoms with Crippen molar-refractivity contribution >= 4 is 54.6 Å². The van der Waals surface area contributed by atoms with Crippen molar-refractivity contribution in [1.29, 1.82) is 0 Å². The number of rotatable bonds is 4. The average molecular weight is 842 g/mol. The molecule has 0 aliphatic carbocycles. The van der Waals surface area contributed by atoms with Gasteiger partial charge in [0.1, 0.15) is 0 Å². The zero-order valence-electron chi connectivity index (χ0n) is 27.1. The Labute approximate surface area is 299 Å². The van der Waals surface area contributed by atoms with Crippen LogP contribution in [0.25, 0.3) is 43.8 Å². The van der Waals surface area contributed by atoms with E-state index in [9.17, 15) is 0 Å². The SMILES string of the molecule is Cc1cc2c(-c3ccccc3)cccc2[cH-]1.Cc1cc2c(-c3ccccc3)cccc2[cH-]1.[Cl][Hf]([Cl])=[Si](c1ccccc1)c1ccccc1. The summed E-state index contributed by atoms with van der Waals surface area (Å²) in [6.07, 6.45) is 0. The van der Waals surface area contributed by atoms with Crippen molar-refractivity contribution in [2.45, 2.75) is 13.8 Å². The molecule has 0 spiro atoms. The molecule has 4 heteroatoms. The fraction of sp³-hybridized carbons (Fsp3) is 0.0455. The Morgan fingerprint density at radius 1 is 0.438 bits per heavy atom. The van der Waals surface area contributed by atoms with Crippen LogP contribution >= 0.6 is 17.2 Å². The molecule has 0 aliphatic rings. The molecule has 0 aliphatic heterocycles. The molecule has 0 atom stereocenters. The molecule has 0 radical (unpaired) electrons. The van der Waals surface area contributed by atoms with Crippen LogP contribution in [-0.4, -0.2) is 5.49 Å². The minimum absolute atomic E-state index is 0.873. The molecule has 8 aromatic carbocycles. The molecule has 0 unspecified atom stereocenters. The van der Waals surface area contributed by atoms with Gasteiger partial charge in [0.05, 0.1) is 0 Å². The second-order valence-corrected chi connectivity index (χ2v) is 38.0. The Hall–Kier alpha value is -3.79. The predicted octanol–water partition coefficient (Wildman–Crippen LogP) is 11.8. The van der Waals surface area contributed by atoms with E-state index in [1.165, 1.54) is 65.3 Å². The summed E-state index contributed by atoms with van der Waals surface area (Å²) in [5.41, 5.74) is 7.02. The average Bonchev–Trinajstić information content (AvgIpc) is 3.71. The van der Waals surface area contributed by atoms with Crippen LogP contribution < -0.4 is 10.4 Å². The molecular weight excluding hydrogens is 806 g/mol. The first kappa shape index (κ1) is 34.1. The summed E-state index contributed by atoms with van der Waals surface area (Å²) in [4.78, 5) is 0. The van der Waals surface area contributed by atoms with E-state index in [0.717, 1.165) is 0 Å². The van der Waals surface area contributed by atoms with Crippen molar-refractivity contribution in [3.63, 3.8) is 0 Å². The normalized spacial score (nSPS) is 10.5. The monoisotopic (exact) mass is 842 g/mol. The maximum atomic E-state index is 6.34. The van der Waals surface area contributed by atoms with E-state index in [1.54, 1.807) is 0 Å². The van der Waals surface area contributed by atoms with Crippen LogP contribution in [-0.2, 0) is 17.7 Å². The summed E-state index contributed by atoms with van der Waals surface area (Å²) in [6, 6.07) is 64.0. The van der Waals surface area contributed by atoms with E-state index in [-0.39, 0.29) is 0 Å². The molecular formula is C44H36Cl2HfSi-2. The standard InChI is InChI=1S/2C16H13.C12H10Si.2ClH.Hf/c2*1-12-10-14-8-5-9-15(16(14)11-12)13-6-3-2-4-7-13;1-3-7-11(8-4-1)13-12-9-5-2-6-10-12;;;/h2*2-11H,1H3;1-10H;2*1H;/q2*-1;;;;+2/p-2. The van der Waals surface area contributed by atoms with Crippen molar-refractivity contribution in [2.24, 2.45) is 0 Å². The summed E-state index contributed by atoms with van der Waals surface area (Å²) in [5.74, 6) is 0. The van der Waals surface area contributed by atoms with Crippen LogP contribution in [0.4, 0.5) is 0 Å². The van der Waals surface area contributed by atoms with Crippen LogP contribution in [0.1, 0.15) is 11.1 Å². The molecule has 8 rings (SSSR count). The molecule has 0 heterocycles. The van der Waals surface area contributed by atoms with Crippen LogP contribution in [0.3, 0.4) is 0 Å². The molecule has 8 aromatic rings. The maximum absolute atomic E-state index is 6.34. The zero-order chi connectivity index (χ0) is 33.3. The van der Waals surface area contributed by atoms with Crippen LogP contribution in [0.15, 0.2) is 182 Å². The van der Waals surface area contributed by atoms with E-state index < -0.39 is 23.2 Å². The predicted molar refractivity (Wildman–Crippen MR) is 209 cm³/mol. The number of hydrogen-bond acceptors (Lipinski definition) is 0. The van der Waals surface area contributed by atoms with Gasteiger partial charge in [0.25, 0.3) is 0 Å². The first-order valence-corrected chi connectivity index (χ1v) is 31.9. The van der Waals surface area contributed by atoms with Crippen molar-refractivity contribution in [2.75, 3.05) is 0 Å². The summed E-state index contributed by atoms with van der Waals surface area (Å²) >= 11 is -2.41. The Bertz CT molecular complexity index is 2090. The van der Waals surface area contributed by atoms with Gasteiger partial charge in [-0.25, -0.2) is 0 Å².